The first-order valence-corrected chi connectivity index (χ1v) is 9.26. The lowest BCUT2D eigenvalue weighted by Crippen LogP contribution is -2.35. The number of azo groups is 1. The number of hydrogen-bond acceptors (Lipinski definition) is 7. The molecule has 10 heteroatoms. The molecule has 0 unspecified atom stereocenters. The van der Waals surface area contributed by atoms with E-state index in [0.29, 0.717) is 17.0 Å². The van der Waals surface area contributed by atoms with Crippen molar-refractivity contribution in [3.05, 3.63) is 64.7 Å². The molecule has 5 rings (SSSR count). The molecule has 154 valence electrons. The van der Waals surface area contributed by atoms with E-state index >= 15 is 0 Å². The number of H-pyrrole nitrogens is 1. The fraction of sp³-hybridized carbons (Fsp3) is 0.0952. The molecule has 2 N–H and O–H groups in total. The van der Waals surface area contributed by atoms with Gasteiger partial charge in [0.25, 0.3) is 5.69 Å². The van der Waals surface area contributed by atoms with Crippen LogP contribution in [0.1, 0.15) is 0 Å². The average molecular weight is 418 g/mol. The van der Waals surface area contributed by atoms with Gasteiger partial charge in [0, 0.05) is 17.5 Å². The van der Waals surface area contributed by atoms with Crippen molar-refractivity contribution in [2.24, 2.45) is 10.2 Å². The zero-order valence-corrected chi connectivity index (χ0v) is 15.8. The molecule has 10 nitrogen and oxygen atoms in total. The summed E-state index contributed by atoms with van der Waals surface area (Å²) in [5.41, 5.74) is 0.167. The number of nitrogens with one attached hydrogen (secondary N) is 1. The first-order chi connectivity index (χ1) is 15.0. The van der Waals surface area contributed by atoms with Crippen LogP contribution in [-0.4, -0.2) is 33.6 Å². The van der Waals surface area contributed by atoms with E-state index < -0.39 is 16.9 Å². The molecule has 0 fully saturated rings. The molecule has 1 aliphatic rings. The summed E-state index contributed by atoms with van der Waals surface area (Å²) in [6, 6.07) is 15.3. The van der Waals surface area contributed by atoms with Gasteiger partial charge in [-0.3, -0.25) is 14.9 Å². The van der Waals surface area contributed by atoms with Crippen LogP contribution in [0.4, 0.5) is 11.4 Å². The summed E-state index contributed by atoms with van der Waals surface area (Å²) in [6.07, 6.45) is -1.01. The van der Waals surface area contributed by atoms with Gasteiger partial charge in [0.15, 0.2) is 17.2 Å². The van der Waals surface area contributed by atoms with Crippen molar-refractivity contribution in [1.82, 2.24) is 4.98 Å². The molecule has 1 amide bonds. The molecule has 0 aliphatic carbocycles. The van der Waals surface area contributed by atoms with Crippen molar-refractivity contribution in [3.63, 3.8) is 0 Å². The fourth-order valence-electron chi connectivity index (χ4n) is 3.41. The van der Waals surface area contributed by atoms with E-state index in [1.165, 1.54) is 18.2 Å². The Balaban J connectivity index is 1.41. The largest absolute Gasteiger partial charge is 0.493 e. The van der Waals surface area contributed by atoms with Gasteiger partial charge in [-0.25, -0.2) is 0 Å². The summed E-state index contributed by atoms with van der Waals surface area (Å²) in [4.78, 5) is 25.6. The van der Waals surface area contributed by atoms with Crippen molar-refractivity contribution >= 4 is 39.0 Å². The van der Waals surface area contributed by atoms with Crippen LogP contribution >= 0.6 is 0 Å². The molecule has 3 aromatic carbocycles. The van der Waals surface area contributed by atoms with Crippen molar-refractivity contribution < 1.29 is 24.3 Å². The van der Waals surface area contributed by atoms with E-state index in [1.54, 1.807) is 6.07 Å². The van der Waals surface area contributed by atoms with E-state index in [0.717, 1.165) is 10.8 Å². The molecule has 1 aliphatic heterocycles. The Morgan fingerprint density at radius 3 is 2.61 bits per heavy atom. The second-order valence-electron chi connectivity index (χ2n) is 6.91. The molecule has 0 spiro atoms. The number of rotatable bonds is 3. The number of carbonyl (C=O) groups excluding carboxylic acids is 1. The average Bonchev–Trinajstić information content (AvgIpc) is 3.09. The van der Waals surface area contributed by atoms with Gasteiger partial charge in [0.05, 0.1) is 10.4 Å². The zero-order valence-electron chi connectivity index (χ0n) is 15.8. The smallest absolute Gasteiger partial charge is 0.308 e. The maximum atomic E-state index is 12.5. The molecule has 1 atom stereocenters. The van der Waals surface area contributed by atoms with Crippen LogP contribution in [-0.2, 0) is 4.79 Å². The third-order valence-electron chi connectivity index (χ3n) is 4.94. The number of carbonyl (C=O) groups is 1. The van der Waals surface area contributed by atoms with Crippen molar-refractivity contribution in [2.75, 3.05) is 6.61 Å². The highest BCUT2D eigenvalue weighted by Gasteiger charge is 2.28. The zero-order chi connectivity index (χ0) is 21.5. The van der Waals surface area contributed by atoms with Gasteiger partial charge in [0.1, 0.15) is 6.61 Å². The number of non-ortho nitro benzene ring substituents is 1. The maximum absolute atomic E-state index is 12.5. The van der Waals surface area contributed by atoms with Crippen LogP contribution in [0.5, 0.6) is 17.4 Å². The lowest BCUT2D eigenvalue weighted by molar-refractivity contribution is -0.384. The number of aromatic nitrogens is 1. The van der Waals surface area contributed by atoms with Crippen LogP contribution in [0.15, 0.2) is 64.8 Å². The van der Waals surface area contributed by atoms with Gasteiger partial charge in [-0.2, -0.15) is 0 Å². The number of ether oxygens (including phenoxy) is 2. The Morgan fingerprint density at radius 1 is 1.13 bits per heavy atom. The number of nitrogens with zero attached hydrogens (tertiary/aromatic N) is 3. The van der Waals surface area contributed by atoms with Crippen LogP contribution in [0, 0.1) is 10.1 Å². The Morgan fingerprint density at radius 2 is 1.87 bits per heavy atom. The predicted octanol–water partition coefficient (Wildman–Crippen LogP) is 4.39. The van der Waals surface area contributed by atoms with E-state index in [4.69, 9.17) is 9.47 Å². The van der Waals surface area contributed by atoms with Gasteiger partial charge in [-0.1, -0.05) is 24.3 Å². The molecule has 4 aromatic rings. The summed E-state index contributed by atoms with van der Waals surface area (Å²) >= 11 is 0. The highest BCUT2D eigenvalue weighted by molar-refractivity contribution is 5.96. The van der Waals surface area contributed by atoms with Gasteiger partial charge >= 0.3 is 5.91 Å². The highest BCUT2D eigenvalue weighted by atomic mass is 16.6. The number of aromatic hydroxyl groups is 1. The van der Waals surface area contributed by atoms with Gasteiger partial charge < -0.3 is 19.6 Å². The monoisotopic (exact) mass is 418 g/mol. The second-order valence-corrected chi connectivity index (χ2v) is 6.91. The normalized spacial score (nSPS) is 15.5. The van der Waals surface area contributed by atoms with Crippen LogP contribution in [0.3, 0.4) is 0 Å². The van der Waals surface area contributed by atoms with E-state index in [1.807, 2.05) is 30.3 Å². The van der Waals surface area contributed by atoms with Crippen molar-refractivity contribution in [2.45, 2.75) is 6.10 Å². The number of amides is 1. The van der Waals surface area contributed by atoms with Crippen molar-refractivity contribution in [1.29, 1.82) is 0 Å². The third kappa shape index (κ3) is 3.29. The van der Waals surface area contributed by atoms with Crippen LogP contribution < -0.4 is 9.47 Å². The Hall–Kier alpha value is -4.47. The Bertz CT molecular complexity index is 1390. The minimum atomic E-state index is -1.01. The van der Waals surface area contributed by atoms with Gasteiger partial charge in [-0.05, 0) is 29.0 Å². The minimum absolute atomic E-state index is 0.0471. The first kappa shape index (κ1) is 18.6. The molecule has 31 heavy (non-hydrogen) atoms. The Labute approximate surface area is 173 Å². The summed E-state index contributed by atoms with van der Waals surface area (Å²) < 4.78 is 11.4. The molecular formula is C21H14N4O6. The maximum Gasteiger partial charge on any atom is 0.308 e. The van der Waals surface area contributed by atoms with Gasteiger partial charge in [-0.15, -0.1) is 10.2 Å². The Kier molecular flexibility index (Phi) is 4.25. The third-order valence-corrected chi connectivity index (χ3v) is 4.94. The first-order valence-electron chi connectivity index (χ1n) is 9.26. The number of nitro groups is 1. The second kappa shape index (κ2) is 7.10. The van der Waals surface area contributed by atoms with Crippen LogP contribution in [0.25, 0.3) is 21.7 Å². The summed E-state index contributed by atoms with van der Waals surface area (Å²) in [5, 5.41) is 30.7. The van der Waals surface area contributed by atoms with E-state index in [9.17, 15) is 20.0 Å². The lowest BCUT2D eigenvalue weighted by atomic mass is 10.1. The standard InChI is InChI=1S/C21H14N4O6/c26-20(18-10-30-16-7-11-3-1-2-4-12(11)8-17(16)31-18)24-23-19-14-9-13(25(28)29)5-6-15(14)22-21(19)27/h1-9,18,22,27H,10H2/t18-/m0/s1. The number of benzene rings is 3. The van der Waals surface area contributed by atoms with Crippen LogP contribution in [0.2, 0.25) is 0 Å². The molecule has 1 aromatic heterocycles. The molecular weight excluding hydrogens is 404 g/mol. The minimum Gasteiger partial charge on any atom is -0.493 e. The number of aromatic amines is 1. The SMILES string of the molecule is O=C(N=Nc1c(O)[nH]c2ccc([N+](=O)[O-])cc12)[C@@H]1COc2cc3ccccc3cc2O1. The summed E-state index contributed by atoms with van der Waals surface area (Å²) in [5.74, 6) is -0.118. The predicted molar refractivity (Wildman–Crippen MR) is 110 cm³/mol. The highest BCUT2D eigenvalue weighted by Crippen LogP contribution is 2.38. The quantitative estimate of drug-likeness (QED) is 0.287. The van der Waals surface area contributed by atoms with E-state index in [2.05, 4.69) is 15.2 Å². The lowest BCUT2D eigenvalue weighted by Gasteiger charge is -2.24. The molecule has 0 radical (unpaired) electrons. The van der Waals surface area contributed by atoms with Gasteiger partial charge in [0.2, 0.25) is 12.0 Å². The topological polar surface area (TPSA) is 139 Å². The summed E-state index contributed by atoms with van der Waals surface area (Å²) in [6.45, 7) is -0.0471. The number of nitro benzene ring substituents is 1. The molecule has 0 saturated heterocycles. The molecule has 0 saturated carbocycles. The molecule has 0 bridgehead atoms. The fourth-order valence-corrected chi connectivity index (χ4v) is 3.41. The number of hydrogen-bond donors (Lipinski definition) is 2. The number of fused-ring (bicyclic) bond motifs is 3. The van der Waals surface area contributed by atoms with Crippen molar-refractivity contribution in [3.8, 4) is 17.4 Å². The summed E-state index contributed by atoms with van der Waals surface area (Å²) in [7, 11) is 0. The van der Waals surface area contributed by atoms with E-state index in [-0.39, 0.29) is 29.2 Å². The molecule has 2 heterocycles.